The lowest BCUT2D eigenvalue weighted by Crippen LogP contribution is -2.40. The lowest BCUT2D eigenvalue weighted by molar-refractivity contribution is -0.130. The maximum atomic E-state index is 12.5. The summed E-state index contributed by atoms with van der Waals surface area (Å²) in [5, 5.41) is 9.77. The van der Waals surface area contributed by atoms with Crippen LogP contribution in [0.3, 0.4) is 0 Å². The second-order valence-corrected chi connectivity index (χ2v) is 7.31. The van der Waals surface area contributed by atoms with Crippen molar-refractivity contribution >= 4 is 35.2 Å². The van der Waals surface area contributed by atoms with Crippen LogP contribution in [0.1, 0.15) is 32.3 Å². The molecule has 0 saturated carbocycles. The molecule has 2 aromatic rings. The minimum Gasteiger partial charge on any atom is -0.339 e. The smallest absolute Gasteiger partial charge is 0.246 e. The van der Waals surface area contributed by atoms with Gasteiger partial charge in [0, 0.05) is 50.4 Å². The van der Waals surface area contributed by atoms with E-state index >= 15 is 0 Å². The molecule has 3 rings (SSSR count). The van der Waals surface area contributed by atoms with Crippen LogP contribution in [0, 0.1) is 5.92 Å². The number of benzene rings is 1. The molecule has 2 N–H and O–H groups in total. The van der Waals surface area contributed by atoms with E-state index in [0.29, 0.717) is 37.3 Å². The number of anilines is 2. The maximum absolute atomic E-state index is 12.5. The fourth-order valence-corrected chi connectivity index (χ4v) is 3.36. The third-order valence-electron chi connectivity index (χ3n) is 5.05. The Hall–Kier alpha value is -3.42. The molecule has 1 aromatic carbocycles. The number of nitrogens with zero attached hydrogens (tertiary/aromatic N) is 3. The summed E-state index contributed by atoms with van der Waals surface area (Å²) in [5.74, 6) is -0.317. The van der Waals surface area contributed by atoms with Crippen LogP contribution in [0.5, 0.6) is 0 Å². The quantitative estimate of drug-likeness (QED) is 0.717. The van der Waals surface area contributed by atoms with Crippen molar-refractivity contribution in [3.63, 3.8) is 0 Å². The fourth-order valence-electron chi connectivity index (χ4n) is 3.36. The van der Waals surface area contributed by atoms with E-state index in [1.165, 1.54) is 6.92 Å². The van der Waals surface area contributed by atoms with Crippen LogP contribution >= 0.6 is 0 Å². The molecule has 0 aliphatic carbocycles. The van der Waals surface area contributed by atoms with Crippen LogP contribution in [-0.2, 0) is 20.9 Å². The van der Waals surface area contributed by atoms with E-state index in [0.717, 1.165) is 12.1 Å². The summed E-state index contributed by atoms with van der Waals surface area (Å²) in [4.78, 5) is 37.7. The average molecular weight is 409 g/mol. The third kappa shape index (κ3) is 5.79. The number of carbonyl (C=O) groups is 3. The minimum atomic E-state index is -0.124. The van der Waals surface area contributed by atoms with Crippen molar-refractivity contribution in [3.8, 4) is 0 Å². The second kappa shape index (κ2) is 9.87. The average Bonchev–Trinajstić information content (AvgIpc) is 3.20. The van der Waals surface area contributed by atoms with Gasteiger partial charge in [0.25, 0.3) is 0 Å². The van der Waals surface area contributed by atoms with Gasteiger partial charge in [-0.2, -0.15) is 5.10 Å². The lowest BCUT2D eigenvalue weighted by atomic mass is 9.95. The molecule has 1 aliphatic heterocycles. The molecule has 8 heteroatoms. The van der Waals surface area contributed by atoms with Gasteiger partial charge < -0.3 is 15.5 Å². The first kappa shape index (κ1) is 21.3. The molecule has 0 radical (unpaired) electrons. The molecule has 2 heterocycles. The first-order valence-corrected chi connectivity index (χ1v) is 10.1. The van der Waals surface area contributed by atoms with E-state index < -0.39 is 0 Å². The number of piperidine rings is 1. The Labute approximate surface area is 175 Å². The first-order valence-electron chi connectivity index (χ1n) is 10.1. The largest absolute Gasteiger partial charge is 0.339 e. The van der Waals surface area contributed by atoms with Crippen LogP contribution in [0.15, 0.2) is 42.7 Å². The van der Waals surface area contributed by atoms with E-state index in [1.807, 2.05) is 25.3 Å². The van der Waals surface area contributed by atoms with Crippen molar-refractivity contribution in [2.75, 3.05) is 23.7 Å². The standard InChI is InChI=1S/C22H27N5O3/c1-3-27-15-20(14-23-27)25-22(30)18-10-12-26(13-11-18)21(29)9-6-17-4-7-19(8-5-17)24-16(2)28/h4-9,14-15,18H,3,10-13H2,1-2H3,(H,24,28)(H,25,30)/b9-6+. The van der Waals surface area contributed by atoms with Gasteiger partial charge in [0.15, 0.2) is 0 Å². The zero-order valence-corrected chi connectivity index (χ0v) is 17.3. The number of amides is 3. The number of carbonyl (C=O) groups excluding carboxylic acids is 3. The van der Waals surface area contributed by atoms with E-state index in [4.69, 9.17) is 0 Å². The van der Waals surface area contributed by atoms with Gasteiger partial charge in [-0.25, -0.2) is 0 Å². The van der Waals surface area contributed by atoms with Crippen LogP contribution < -0.4 is 10.6 Å². The summed E-state index contributed by atoms with van der Waals surface area (Å²) >= 11 is 0. The molecule has 1 saturated heterocycles. The monoisotopic (exact) mass is 409 g/mol. The Bertz CT molecular complexity index is 925. The first-order chi connectivity index (χ1) is 14.4. The molecule has 1 fully saturated rings. The van der Waals surface area contributed by atoms with Gasteiger partial charge in [0.05, 0.1) is 11.9 Å². The molecule has 158 valence electrons. The van der Waals surface area contributed by atoms with Crippen LogP contribution in [0.25, 0.3) is 6.08 Å². The van der Waals surface area contributed by atoms with E-state index in [9.17, 15) is 14.4 Å². The zero-order chi connectivity index (χ0) is 21.5. The summed E-state index contributed by atoms with van der Waals surface area (Å²) in [5.41, 5.74) is 2.29. The number of likely N-dealkylation sites (tertiary alicyclic amines) is 1. The van der Waals surface area contributed by atoms with Crippen LogP contribution in [0.4, 0.5) is 11.4 Å². The summed E-state index contributed by atoms with van der Waals surface area (Å²) in [7, 11) is 0. The molecule has 8 nitrogen and oxygen atoms in total. The molecule has 0 atom stereocenters. The summed E-state index contributed by atoms with van der Waals surface area (Å²) in [6.45, 7) is 5.30. The molecule has 3 amide bonds. The minimum absolute atomic E-state index is 0.0208. The van der Waals surface area contributed by atoms with Crippen LogP contribution in [-0.4, -0.2) is 45.5 Å². The third-order valence-corrected chi connectivity index (χ3v) is 5.05. The van der Waals surface area contributed by atoms with Crippen molar-refractivity contribution in [3.05, 3.63) is 48.3 Å². The van der Waals surface area contributed by atoms with Crippen molar-refractivity contribution in [2.45, 2.75) is 33.2 Å². The van der Waals surface area contributed by atoms with E-state index in [-0.39, 0.29) is 23.6 Å². The fraction of sp³-hybridized carbons (Fsp3) is 0.364. The van der Waals surface area contributed by atoms with Crippen molar-refractivity contribution in [1.82, 2.24) is 14.7 Å². The van der Waals surface area contributed by atoms with Gasteiger partial charge in [-0.1, -0.05) is 12.1 Å². The van der Waals surface area contributed by atoms with Gasteiger partial charge in [-0.05, 0) is 43.5 Å². The van der Waals surface area contributed by atoms with Crippen molar-refractivity contribution in [2.24, 2.45) is 5.92 Å². The summed E-state index contributed by atoms with van der Waals surface area (Å²) < 4.78 is 1.76. The predicted octanol–water partition coefficient (Wildman–Crippen LogP) is 2.75. The van der Waals surface area contributed by atoms with Crippen molar-refractivity contribution in [1.29, 1.82) is 0 Å². The molecule has 30 heavy (non-hydrogen) atoms. The number of aryl methyl sites for hydroxylation is 1. The molecular weight excluding hydrogens is 382 g/mol. The summed E-state index contributed by atoms with van der Waals surface area (Å²) in [6.07, 6.45) is 8.03. The Balaban J connectivity index is 1.46. The Morgan fingerprint density at radius 1 is 1.10 bits per heavy atom. The number of aromatic nitrogens is 2. The van der Waals surface area contributed by atoms with Gasteiger partial charge >= 0.3 is 0 Å². The van der Waals surface area contributed by atoms with Gasteiger partial charge in [-0.3, -0.25) is 19.1 Å². The molecule has 0 bridgehead atoms. The number of hydrogen-bond donors (Lipinski definition) is 2. The second-order valence-electron chi connectivity index (χ2n) is 7.31. The SMILES string of the molecule is CCn1cc(NC(=O)C2CCN(C(=O)/C=C/c3ccc(NC(C)=O)cc3)CC2)cn1. The predicted molar refractivity (Wildman–Crippen MR) is 116 cm³/mol. The molecular formula is C22H27N5O3. The van der Waals surface area contributed by atoms with Gasteiger partial charge in [0.1, 0.15) is 0 Å². The van der Waals surface area contributed by atoms with Gasteiger partial charge in [0.2, 0.25) is 17.7 Å². The highest BCUT2D eigenvalue weighted by Gasteiger charge is 2.26. The highest BCUT2D eigenvalue weighted by molar-refractivity contribution is 5.94. The Morgan fingerprint density at radius 2 is 1.80 bits per heavy atom. The molecule has 0 unspecified atom stereocenters. The molecule has 0 spiro atoms. The van der Waals surface area contributed by atoms with Gasteiger partial charge in [-0.15, -0.1) is 0 Å². The van der Waals surface area contributed by atoms with Crippen molar-refractivity contribution < 1.29 is 14.4 Å². The maximum Gasteiger partial charge on any atom is 0.246 e. The molecule has 1 aromatic heterocycles. The lowest BCUT2D eigenvalue weighted by Gasteiger charge is -2.30. The topological polar surface area (TPSA) is 96.3 Å². The Kier molecular flexibility index (Phi) is 7.00. The number of nitrogens with one attached hydrogen (secondary N) is 2. The normalized spacial score (nSPS) is 14.7. The highest BCUT2D eigenvalue weighted by Crippen LogP contribution is 2.20. The number of hydrogen-bond acceptors (Lipinski definition) is 4. The van der Waals surface area contributed by atoms with Crippen LogP contribution in [0.2, 0.25) is 0 Å². The Morgan fingerprint density at radius 3 is 2.40 bits per heavy atom. The highest BCUT2D eigenvalue weighted by atomic mass is 16.2. The summed E-state index contributed by atoms with van der Waals surface area (Å²) in [6, 6.07) is 7.26. The van der Waals surface area contributed by atoms with E-state index in [1.54, 1.807) is 40.1 Å². The number of rotatable bonds is 6. The zero-order valence-electron chi connectivity index (χ0n) is 17.3. The van der Waals surface area contributed by atoms with E-state index in [2.05, 4.69) is 15.7 Å². The molecule has 1 aliphatic rings.